The number of likely N-dealkylation sites (N-methyl/N-ethyl adjacent to an activating group) is 1. The Balaban J connectivity index is 3.55. The first-order chi connectivity index (χ1) is 7.70. The van der Waals surface area contributed by atoms with Gasteiger partial charge in [-0.2, -0.15) is 13.2 Å². The van der Waals surface area contributed by atoms with Crippen LogP contribution in [0.3, 0.4) is 0 Å². The lowest BCUT2D eigenvalue weighted by Gasteiger charge is -2.20. The summed E-state index contributed by atoms with van der Waals surface area (Å²) < 4.78 is 36.1. The Bertz CT molecular complexity index is 193. The van der Waals surface area contributed by atoms with Gasteiger partial charge in [0.1, 0.15) is 0 Å². The van der Waals surface area contributed by atoms with E-state index in [1.165, 1.54) is 11.9 Å². The molecule has 1 unspecified atom stereocenters. The Labute approximate surface area is 103 Å². The van der Waals surface area contributed by atoms with Crippen molar-refractivity contribution < 1.29 is 13.2 Å². The summed E-state index contributed by atoms with van der Waals surface area (Å²) in [4.78, 5) is 1.29. The van der Waals surface area contributed by atoms with E-state index in [4.69, 9.17) is 0 Å². The van der Waals surface area contributed by atoms with Gasteiger partial charge in [-0.3, -0.25) is 4.90 Å². The largest absolute Gasteiger partial charge is 0.401 e. The standard InChI is InChI=1S/C12H25F3N2/c1-10(2)5-6-11(3)16-7-8-17(4)9-12(13,14)15/h10-11,16H,5-9H2,1-4H3. The molecule has 0 amide bonds. The maximum atomic E-state index is 12.0. The summed E-state index contributed by atoms with van der Waals surface area (Å²) in [7, 11) is 1.49. The molecule has 0 heterocycles. The molecule has 0 saturated carbocycles. The normalized spacial score (nSPS) is 14.6. The Morgan fingerprint density at radius 2 is 1.71 bits per heavy atom. The zero-order chi connectivity index (χ0) is 13.5. The van der Waals surface area contributed by atoms with Gasteiger partial charge in [-0.1, -0.05) is 13.8 Å². The van der Waals surface area contributed by atoms with Crippen molar-refractivity contribution in [3.63, 3.8) is 0 Å². The van der Waals surface area contributed by atoms with Crippen LogP contribution in [-0.2, 0) is 0 Å². The maximum absolute atomic E-state index is 12.0. The van der Waals surface area contributed by atoms with Crippen molar-refractivity contribution in [3.8, 4) is 0 Å². The summed E-state index contributed by atoms with van der Waals surface area (Å²) in [5.41, 5.74) is 0. The van der Waals surface area contributed by atoms with E-state index < -0.39 is 12.7 Å². The molecule has 0 spiro atoms. The Morgan fingerprint density at radius 1 is 1.12 bits per heavy atom. The van der Waals surface area contributed by atoms with E-state index in [9.17, 15) is 13.2 Å². The minimum Gasteiger partial charge on any atom is -0.313 e. The molecule has 0 aliphatic rings. The third-order valence-electron chi connectivity index (χ3n) is 2.61. The number of hydrogen-bond acceptors (Lipinski definition) is 2. The SMILES string of the molecule is CC(C)CCC(C)NCCN(C)CC(F)(F)F. The number of halogens is 3. The van der Waals surface area contributed by atoms with Crippen LogP contribution in [0, 0.1) is 5.92 Å². The molecule has 0 saturated heterocycles. The number of rotatable bonds is 8. The summed E-state index contributed by atoms with van der Waals surface area (Å²) >= 11 is 0. The van der Waals surface area contributed by atoms with Crippen molar-refractivity contribution in [1.29, 1.82) is 0 Å². The summed E-state index contributed by atoms with van der Waals surface area (Å²) in [5, 5.41) is 3.25. The lowest BCUT2D eigenvalue weighted by atomic mass is 10.0. The van der Waals surface area contributed by atoms with Gasteiger partial charge in [0.05, 0.1) is 6.54 Å². The van der Waals surface area contributed by atoms with Gasteiger partial charge >= 0.3 is 6.18 Å². The molecule has 5 heteroatoms. The number of nitrogens with one attached hydrogen (secondary N) is 1. The van der Waals surface area contributed by atoms with E-state index in [0.717, 1.165) is 12.8 Å². The van der Waals surface area contributed by atoms with Crippen LogP contribution in [-0.4, -0.2) is 43.8 Å². The molecular weight excluding hydrogens is 229 g/mol. The molecule has 0 rings (SSSR count). The molecule has 17 heavy (non-hydrogen) atoms. The van der Waals surface area contributed by atoms with Gasteiger partial charge in [0, 0.05) is 19.1 Å². The fourth-order valence-corrected chi connectivity index (χ4v) is 1.57. The van der Waals surface area contributed by atoms with Gasteiger partial charge in [0.15, 0.2) is 0 Å². The Morgan fingerprint density at radius 3 is 2.18 bits per heavy atom. The highest BCUT2D eigenvalue weighted by Gasteiger charge is 2.28. The van der Waals surface area contributed by atoms with Crippen LogP contribution in [0.5, 0.6) is 0 Å². The molecule has 0 aromatic heterocycles. The fourth-order valence-electron chi connectivity index (χ4n) is 1.57. The first kappa shape index (κ1) is 16.7. The molecule has 0 bridgehead atoms. The second-order valence-corrected chi connectivity index (χ2v) is 5.18. The van der Waals surface area contributed by atoms with Crippen molar-refractivity contribution in [2.75, 3.05) is 26.7 Å². The lowest BCUT2D eigenvalue weighted by molar-refractivity contribution is -0.142. The van der Waals surface area contributed by atoms with Gasteiger partial charge in [-0.15, -0.1) is 0 Å². The quantitative estimate of drug-likeness (QED) is 0.716. The summed E-state index contributed by atoms with van der Waals surface area (Å²) in [6, 6.07) is 0.372. The second-order valence-electron chi connectivity index (χ2n) is 5.18. The van der Waals surface area contributed by atoms with E-state index >= 15 is 0 Å². The number of alkyl halides is 3. The van der Waals surface area contributed by atoms with E-state index in [1.54, 1.807) is 0 Å². The van der Waals surface area contributed by atoms with Gasteiger partial charge in [-0.25, -0.2) is 0 Å². The van der Waals surface area contributed by atoms with Crippen LogP contribution in [0.4, 0.5) is 13.2 Å². The van der Waals surface area contributed by atoms with Crippen molar-refractivity contribution in [2.45, 2.75) is 45.8 Å². The van der Waals surface area contributed by atoms with Crippen LogP contribution < -0.4 is 5.32 Å². The molecule has 1 N–H and O–H groups in total. The van der Waals surface area contributed by atoms with Gasteiger partial charge in [-0.05, 0) is 32.7 Å². The molecule has 0 aliphatic carbocycles. The predicted octanol–water partition coefficient (Wildman–Crippen LogP) is 2.89. The predicted molar refractivity (Wildman–Crippen MR) is 65.1 cm³/mol. The Hall–Kier alpha value is -0.290. The first-order valence-corrected chi connectivity index (χ1v) is 6.19. The Kier molecular flexibility index (Phi) is 7.79. The molecule has 0 aromatic carbocycles. The van der Waals surface area contributed by atoms with Gasteiger partial charge in [0.25, 0.3) is 0 Å². The molecule has 1 atom stereocenters. The third kappa shape index (κ3) is 12.0. The van der Waals surface area contributed by atoms with E-state index in [0.29, 0.717) is 25.0 Å². The molecule has 0 aromatic rings. The molecular formula is C12H25F3N2. The van der Waals surface area contributed by atoms with Crippen LogP contribution in [0.25, 0.3) is 0 Å². The highest BCUT2D eigenvalue weighted by atomic mass is 19.4. The second kappa shape index (κ2) is 7.93. The molecule has 0 radical (unpaired) electrons. The first-order valence-electron chi connectivity index (χ1n) is 6.19. The minimum absolute atomic E-state index is 0.372. The van der Waals surface area contributed by atoms with Crippen LogP contribution in [0.2, 0.25) is 0 Å². The van der Waals surface area contributed by atoms with Crippen LogP contribution in [0.15, 0.2) is 0 Å². The summed E-state index contributed by atoms with van der Waals surface area (Å²) in [6.45, 7) is 6.60. The minimum atomic E-state index is -4.10. The smallest absolute Gasteiger partial charge is 0.313 e. The number of nitrogens with zero attached hydrogens (tertiary/aromatic N) is 1. The summed E-state index contributed by atoms with van der Waals surface area (Å²) in [6.07, 6.45) is -1.88. The maximum Gasteiger partial charge on any atom is 0.401 e. The van der Waals surface area contributed by atoms with E-state index in [1.807, 2.05) is 0 Å². The highest BCUT2D eigenvalue weighted by molar-refractivity contribution is 4.65. The van der Waals surface area contributed by atoms with Gasteiger partial charge in [0.2, 0.25) is 0 Å². The van der Waals surface area contributed by atoms with Crippen molar-refractivity contribution in [2.24, 2.45) is 5.92 Å². The molecule has 2 nitrogen and oxygen atoms in total. The van der Waals surface area contributed by atoms with Crippen molar-refractivity contribution in [3.05, 3.63) is 0 Å². The lowest BCUT2D eigenvalue weighted by Crippen LogP contribution is -2.38. The van der Waals surface area contributed by atoms with E-state index in [-0.39, 0.29) is 0 Å². The van der Waals surface area contributed by atoms with E-state index in [2.05, 4.69) is 26.1 Å². The fraction of sp³-hybridized carbons (Fsp3) is 1.00. The zero-order valence-electron chi connectivity index (χ0n) is 11.3. The monoisotopic (exact) mass is 254 g/mol. The van der Waals surface area contributed by atoms with Crippen molar-refractivity contribution in [1.82, 2.24) is 10.2 Å². The highest BCUT2D eigenvalue weighted by Crippen LogP contribution is 2.15. The van der Waals surface area contributed by atoms with Crippen LogP contribution >= 0.6 is 0 Å². The van der Waals surface area contributed by atoms with Gasteiger partial charge < -0.3 is 5.32 Å². The zero-order valence-corrected chi connectivity index (χ0v) is 11.3. The van der Waals surface area contributed by atoms with Crippen LogP contribution in [0.1, 0.15) is 33.6 Å². The molecule has 104 valence electrons. The topological polar surface area (TPSA) is 15.3 Å². The number of hydrogen-bond donors (Lipinski definition) is 1. The molecule has 0 aliphatic heterocycles. The average molecular weight is 254 g/mol. The average Bonchev–Trinajstić information content (AvgIpc) is 2.11. The third-order valence-corrected chi connectivity index (χ3v) is 2.61. The summed E-state index contributed by atoms with van der Waals surface area (Å²) in [5.74, 6) is 0.673. The van der Waals surface area contributed by atoms with Crippen molar-refractivity contribution >= 4 is 0 Å². The molecule has 0 fully saturated rings.